The van der Waals surface area contributed by atoms with Gasteiger partial charge in [0.15, 0.2) is 0 Å². The zero-order valence-electron chi connectivity index (χ0n) is 9.45. The van der Waals surface area contributed by atoms with Crippen molar-refractivity contribution in [2.24, 2.45) is 5.92 Å². The van der Waals surface area contributed by atoms with Crippen molar-refractivity contribution in [2.75, 3.05) is 13.2 Å². The number of aliphatic hydroxyl groups is 1. The molecule has 0 amide bonds. The Balaban J connectivity index is 2.19. The summed E-state index contributed by atoms with van der Waals surface area (Å²) in [5.74, 6) is 0.294. The van der Waals surface area contributed by atoms with E-state index in [-0.39, 0.29) is 0 Å². The number of ether oxygens (including phenoxy) is 1. The molecule has 1 atom stereocenters. The van der Waals surface area contributed by atoms with Crippen LogP contribution in [0.4, 0.5) is 0 Å². The molecule has 1 aliphatic heterocycles. The Bertz CT molecular complexity index is 339. The van der Waals surface area contributed by atoms with Crippen molar-refractivity contribution < 1.29 is 9.84 Å². The number of halogens is 1. The lowest BCUT2D eigenvalue weighted by atomic mass is 9.78. The second-order valence-corrected chi connectivity index (χ2v) is 5.46. The highest BCUT2D eigenvalue weighted by molar-refractivity contribution is 9.10. The van der Waals surface area contributed by atoms with Gasteiger partial charge in [-0.15, -0.1) is 0 Å². The summed E-state index contributed by atoms with van der Waals surface area (Å²) in [6.07, 6.45) is 1.87. The largest absolute Gasteiger partial charge is 0.385 e. The predicted octanol–water partition coefficient (Wildman–Crippen LogP) is 3.08. The van der Waals surface area contributed by atoms with Gasteiger partial charge in [0.25, 0.3) is 0 Å². The zero-order valence-corrected chi connectivity index (χ0v) is 11.0. The average Bonchev–Trinajstić information content (AvgIpc) is 2.31. The van der Waals surface area contributed by atoms with Gasteiger partial charge in [0.1, 0.15) is 0 Å². The van der Waals surface area contributed by atoms with Crippen molar-refractivity contribution in [3.05, 3.63) is 34.3 Å². The van der Waals surface area contributed by atoms with E-state index in [2.05, 4.69) is 15.9 Å². The second-order valence-electron chi connectivity index (χ2n) is 4.54. The van der Waals surface area contributed by atoms with Crippen LogP contribution in [0, 0.1) is 5.92 Å². The third-order valence-corrected chi connectivity index (χ3v) is 3.97. The number of rotatable bonds is 2. The first-order valence-electron chi connectivity index (χ1n) is 5.67. The molecule has 1 fully saturated rings. The van der Waals surface area contributed by atoms with Crippen LogP contribution in [0.5, 0.6) is 0 Å². The fourth-order valence-electron chi connectivity index (χ4n) is 2.28. The van der Waals surface area contributed by atoms with E-state index in [4.69, 9.17) is 4.74 Å². The van der Waals surface area contributed by atoms with E-state index in [1.54, 1.807) is 0 Å². The zero-order chi connectivity index (χ0) is 11.6. The van der Waals surface area contributed by atoms with Gasteiger partial charge in [0.05, 0.1) is 5.60 Å². The van der Waals surface area contributed by atoms with Crippen LogP contribution >= 0.6 is 15.9 Å². The molecule has 16 heavy (non-hydrogen) atoms. The van der Waals surface area contributed by atoms with E-state index < -0.39 is 5.60 Å². The number of benzene rings is 1. The molecule has 1 heterocycles. The fraction of sp³-hybridized carbons (Fsp3) is 0.538. The van der Waals surface area contributed by atoms with Crippen molar-refractivity contribution in [1.82, 2.24) is 0 Å². The highest BCUT2D eigenvalue weighted by atomic mass is 79.9. The van der Waals surface area contributed by atoms with E-state index >= 15 is 0 Å². The maximum Gasteiger partial charge on any atom is 0.0898 e. The van der Waals surface area contributed by atoms with Crippen molar-refractivity contribution in [3.63, 3.8) is 0 Å². The van der Waals surface area contributed by atoms with Crippen LogP contribution in [0.1, 0.15) is 25.3 Å². The Morgan fingerprint density at radius 2 is 1.81 bits per heavy atom. The Kier molecular flexibility index (Phi) is 3.67. The molecule has 2 rings (SSSR count). The number of hydrogen-bond acceptors (Lipinski definition) is 2. The van der Waals surface area contributed by atoms with E-state index in [0.717, 1.165) is 36.1 Å². The van der Waals surface area contributed by atoms with E-state index in [1.165, 1.54) is 0 Å². The van der Waals surface area contributed by atoms with Gasteiger partial charge in [-0.2, -0.15) is 0 Å². The van der Waals surface area contributed by atoms with Crippen molar-refractivity contribution in [1.29, 1.82) is 0 Å². The minimum absolute atomic E-state index is 0.294. The van der Waals surface area contributed by atoms with Crippen molar-refractivity contribution >= 4 is 15.9 Å². The maximum atomic E-state index is 10.6. The second kappa shape index (κ2) is 4.86. The highest BCUT2D eigenvalue weighted by Gasteiger charge is 2.34. The summed E-state index contributed by atoms with van der Waals surface area (Å²) in [6.45, 7) is 3.43. The monoisotopic (exact) mass is 284 g/mol. The van der Waals surface area contributed by atoms with Crippen LogP contribution < -0.4 is 0 Å². The summed E-state index contributed by atoms with van der Waals surface area (Å²) in [6, 6.07) is 7.92. The highest BCUT2D eigenvalue weighted by Crippen LogP contribution is 2.35. The molecular weight excluding hydrogens is 268 g/mol. The maximum absolute atomic E-state index is 10.6. The predicted molar refractivity (Wildman–Crippen MR) is 67.3 cm³/mol. The molecule has 0 aromatic heterocycles. The van der Waals surface area contributed by atoms with Gasteiger partial charge < -0.3 is 9.84 Å². The summed E-state index contributed by atoms with van der Waals surface area (Å²) in [4.78, 5) is 0. The molecule has 1 N–H and O–H groups in total. The van der Waals surface area contributed by atoms with Crippen molar-refractivity contribution in [3.8, 4) is 0 Å². The van der Waals surface area contributed by atoms with Gasteiger partial charge in [0.2, 0.25) is 0 Å². The molecule has 1 aromatic carbocycles. The summed E-state index contributed by atoms with van der Waals surface area (Å²) in [5, 5.41) is 10.6. The lowest BCUT2D eigenvalue weighted by molar-refractivity contribution is -0.0579. The molecular formula is C13H17BrO2. The van der Waals surface area contributed by atoms with Gasteiger partial charge in [-0.3, -0.25) is 0 Å². The first-order valence-corrected chi connectivity index (χ1v) is 6.46. The Morgan fingerprint density at radius 3 is 2.38 bits per heavy atom. The fourth-order valence-corrected chi connectivity index (χ4v) is 2.55. The average molecular weight is 285 g/mol. The summed E-state index contributed by atoms with van der Waals surface area (Å²) < 4.78 is 6.37. The lowest BCUT2D eigenvalue weighted by Crippen LogP contribution is -2.35. The standard InChI is InChI=1S/C13H17BrO2/c1-13(15,11-6-8-16-9-7-11)10-2-4-12(14)5-3-10/h2-5,11,15H,6-9H2,1H3/t13-/m0/s1. The summed E-state index contributed by atoms with van der Waals surface area (Å²) in [7, 11) is 0. The van der Waals surface area contributed by atoms with Gasteiger partial charge in [0, 0.05) is 17.7 Å². The van der Waals surface area contributed by atoms with Crippen LogP contribution in [-0.4, -0.2) is 18.3 Å². The topological polar surface area (TPSA) is 29.5 Å². The molecule has 1 saturated heterocycles. The minimum atomic E-state index is -0.746. The normalized spacial score (nSPS) is 21.7. The molecule has 0 aliphatic carbocycles. The van der Waals surface area contributed by atoms with Gasteiger partial charge in [-0.25, -0.2) is 0 Å². The van der Waals surface area contributed by atoms with Crippen LogP contribution in [0.3, 0.4) is 0 Å². The summed E-state index contributed by atoms with van der Waals surface area (Å²) in [5.41, 5.74) is 0.243. The van der Waals surface area contributed by atoms with E-state index in [1.807, 2.05) is 31.2 Å². The summed E-state index contributed by atoms with van der Waals surface area (Å²) >= 11 is 3.41. The minimum Gasteiger partial charge on any atom is -0.385 e. The molecule has 88 valence electrons. The van der Waals surface area contributed by atoms with Crippen LogP contribution in [0.15, 0.2) is 28.7 Å². The molecule has 1 aromatic rings. The molecule has 0 saturated carbocycles. The molecule has 1 aliphatic rings. The van der Waals surface area contributed by atoms with Gasteiger partial charge in [-0.1, -0.05) is 28.1 Å². The molecule has 2 nitrogen and oxygen atoms in total. The van der Waals surface area contributed by atoms with Gasteiger partial charge >= 0.3 is 0 Å². The Labute approximate surface area is 105 Å². The Morgan fingerprint density at radius 1 is 1.25 bits per heavy atom. The Hall–Kier alpha value is -0.380. The SMILES string of the molecule is C[C@](O)(c1ccc(Br)cc1)C1CCOCC1. The molecule has 0 radical (unpaired) electrons. The first kappa shape index (κ1) is 12.1. The van der Waals surface area contributed by atoms with Crippen molar-refractivity contribution in [2.45, 2.75) is 25.4 Å². The number of hydrogen-bond donors (Lipinski definition) is 1. The first-order chi connectivity index (χ1) is 7.60. The molecule has 0 bridgehead atoms. The quantitative estimate of drug-likeness (QED) is 0.904. The lowest BCUT2D eigenvalue weighted by Gasteiger charge is -2.36. The third-order valence-electron chi connectivity index (χ3n) is 3.44. The van der Waals surface area contributed by atoms with Crippen LogP contribution in [-0.2, 0) is 10.3 Å². The van der Waals surface area contributed by atoms with E-state index in [0.29, 0.717) is 5.92 Å². The smallest absolute Gasteiger partial charge is 0.0898 e. The molecule has 0 unspecified atom stereocenters. The van der Waals surface area contributed by atoms with Crippen LogP contribution in [0.25, 0.3) is 0 Å². The molecule has 3 heteroatoms. The molecule has 0 spiro atoms. The van der Waals surface area contributed by atoms with Crippen LogP contribution in [0.2, 0.25) is 0 Å². The third kappa shape index (κ3) is 2.47. The van der Waals surface area contributed by atoms with E-state index in [9.17, 15) is 5.11 Å². The van der Waals surface area contributed by atoms with Gasteiger partial charge in [-0.05, 0) is 43.4 Å².